The van der Waals surface area contributed by atoms with Gasteiger partial charge in [0.05, 0.1) is 6.10 Å². The second-order valence-electron chi connectivity index (χ2n) is 3.35. The van der Waals surface area contributed by atoms with E-state index < -0.39 is 0 Å². The van der Waals surface area contributed by atoms with Gasteiger partial charge in [-0.1, -0.05) is 0 Å². The maximum Gasteiger partial charge on any atom is 0.191 e. The van der Waals surface area contributed by atoms with Crippen LogP contribution in [0.4, 0.5) is 0 Å². The minimum absolute atomic E-state index is 0.343. The maximum absolute atomic E-state index is 5.73. The van der Waals surface area contributed by atoms with Gasteiger partial charge in [-0.2, -0.15) is 0 Å². The first-order valence-corrected chi connectivity index (χ1v) is 4.86. The summed E-state index contributed by atoms with van der Waals surface area (Å²) in [6, 6.07) is 0. The molecule has 0 saturated carbocycles. The smallest absolute Gasteiger partial charge is 0.191 e. The fourth-order valence-corrected chi connectivity index (χ4v) is 1.47. The van der Waals surface area contributed by atoms with Crippen molar-refractivity contribution >= 4 is 5.96 Å². The minimum atomic E-state index is 0.343. The Morgan fingerprint density at radius 3 is 3.00 bits per heavy atom. The average molecular weight is 185 g/mol. The predicted octanol–water partition coefficient (Wildman–Crippen LogP) is 0.432. The molecule has 1 rings (SSSR count). The van der Waals surface area contributed by atoms with Crippen molar-refractivity contribution in [3.8, 4) is 0 Å². The van der Waals surface area contributed by atoms with Crippen molar-refractivity contribution in [3.63, 3.8) is 0 Å². The molecule has 4 nitrogen and oxygen atoms in total. The van der Waals surface area contributed by atoms with Gasteiger partial charge in [0.15, 0.2) is 5.96 Å². The molecule has 0 aliphatic carbocycles. The number of hydrogen-bond donors (Lipinski definition) is 1. The van der Waals surface area contributed by atoms with E-state index in [1.807, 2.05) is 18.9 Å². The molecule has 1 unspecified atom stereocenters. The monoisotopic (exact) mass is 185 g/mol. The molecule has 0 bridgehead atoms. The van der Waals surface area contributed by atoms with E-state index in [0.29, 0.717) is 12.1 Å². The lowest BCUT2D eigenvalue weighted by Crippen LogP contribution is -2.39. The molecule has 13 heavy (non-hydrogen) atoms. The highest BCUT2D eigenvalue weighted by molar-refractivity contribution is 5.77. The number of aliphatic imine (C=N–C) groups is 1. The highest BCUT2D eigenvalue weighted by Gasteiger charge is 2.17. The molecule has 1 saturated heterocycles. The fourth-order valence-electron chi connectivity index (χ4n) is 1.47. The standard InChI is InChI=1S/C9H19N3O/c1-3-11-9(10)12(2)7-8-5-4-6-13-8/h8H,3-7H2,1-2H3,(H2,10,11). The normalized spacial score (nSPS) is 23.5. The number of nitrogens with two attached hydrogens (primary N) is 1. The number of ether oxygens (including phenoxy) is 1. The zero-order valence-electron chi connectivity index (χ0n) is 8.49. The van der Waals surface area contributed by atoms with Crippen molar-refractivity contribution < 1.29 is 4.74 Å². The Balaban J connectivity index is 2.30. The van der Waals surface area contributed by atoms with E-state index in [1.165, 1.54) is 6.42 Å². The lowest BCUT2D eigenvalue weighted by molar-refractivity contribution is 0.0956. The molecule has 2 N–H and O–H groups in total. The number of guanidine groups is 1. The predicted molar refractivity (Wildman–Crippen MR) is 53.8 cm³/mol. The molecule has 0 aromatic carbocycles. The zero-order chi connectivity index (χ0) is 9.68. The van der Waals surface area contributed by atoms with Crippen LogP contribution in [0.25, 0.3) is 0 Å². The van der Waals surface area contributed by atoms with E-state index in [2.05, 4.69) is 4.99 Å². The van der Waals surface area contributed by atoms with Gasteiger partial charge in [-0.3, -0.25) is 4.99 Å². The maximum atomic E-state index is 5.73. The van der Waals surface area contributed by atoms with Gasteiger partial charge in [0.25, 0.3) is 0 Å². The molecule has 1 aliphatic heterocycles. The summed E-state index contributed by atoms with van der Waals surface area (Å²) in [5, 5.41) is 0. The summed E-state index contributed by atoms with van der Waals surface area (Å²) in [5.41, 5.74) is 5.73. The van der Waals surface area contributed by atoms with Crippen LogP contribution in [0.1, 0.15) is 19.8 Å². The first-order valence-electron chi connectivity index (χ1n) is 4.86. The summed E-state index contributed by atoms with van der Waals surface area (Å²) in [4.78, 5) is 6.09. The highest BCUT2D eigenvalue weighted by atomic mass is 16.5. The summed E-state index contributed by atoms with van der Waals surface area (Å²) in [6.07, 6.45) is 2.66. The van der Waals surface area contributed by atoms with Crippen LogP contribution in [0.15, 0.2) is 4.99 Å². The van der Waals surface area contributed by atoms with Gasteiger partial charge in [0.1, 0.15) is 0 Å². The molecule has 0 spiro atoms. The molecule has 4 heteroatoms. The summed E-state index contributed by atoms with van der Waals surface area (Å²) in [7, 11) is 1.95. The lowest BCUT2D eigenvalue weighted by atomic mass is 10.2. The molecule has 0 radical (unpaired) electrons. The third-order valence-electron chi connectivity index (χ3n) is 2.21. The van der Waals surface area contributed by atoms with Gasteiger partial charge in [0.2, 0.25) is 0 Å². The largest absolute Gasteiger partial charge is 0.376 e. The fraction of sp³-hybridized carbons (Fsp3) is 0.889. The third-order valence-corrected chi connectivity index (χ3v) is 2.21. The number of rotatable bonds is 3. The van der Waals surface area contributed by atoms with E-state index in [1.54, 1.807) is 0 Å². The Labute approximate surface area is 79.8 Å². The molecule has 1 heterocycles. The number of likely N-dealkylation sites (N-methyl/N-ethyl adjacent to an activating group) is 1. The van der Waals surface area contributed by atoms with Crippen LogP contribution in [-0.2, 0) is 4.74 Å². The number of hydrogen-bond acceptors (Lipinski definition) is 2. The van der Waals surface area contributed by atoms with Crippen molar-refractivity contribution in [1.82, 2.24) is 4.90 Å². The van der Waals surface area contributed by atoms with Crippen LogP contribution in [0.5, 0.6) is 0 Å². The van der Waals surface area contributed by atoms with Crippen LogP contribution in [0.3, 0.4) is 0 Å². The van der Waals surface area contributed by atoms with Gasteiger partial charge in [-0.25, -0.2) is 0 Å². The molecule has 1 fully saturated rings. The van der Waals surface area contributed by atoms with Crippen LogP contribution in [-0.4, -0.2) is 43.7 Å². The molecular weight excluding hydrogens is 166 g/mol. The summed E-state index contributed by atoms with van der Waals surface area (Å²) < 4.78 is 5.50. The molecular formula is C9H19N3O. The van der Waals surface area contributed by atoms with E-state index in [9.17, 15) is 0 Å². The van der Waals surface area contributed by atoms with Gasteiger partial charge < -0.3 is 15.4 Å². The van der Waals surface area contributed by atoms with Crippen molar-refractivity contribution in [2.75, 3.05) is 26.7 Å². The Morgan fingerprint density at radius 1 is 1.69 bits per heavy atom. The second kappa shape index (κ2) is 5.07. The van der Waals surface area contributed by atoms with Crippen molar-refractivity contribution in [2.24, 2.45) is 10.7 Å². The van der Waals surface area contributed by atoms with E-state index in [4.69, 9.17) is 10.5 Å². The highest BCUT2D eigenvalue weighted by Crippen LogP contribution is 2.12. The Kier molecular flexibility index (Phi) is 4.02. The SMILES string of the molecule is CCN=C(N)N(C)CC1CCCO1. The quantitative estimate of drug-likeness (QED) is 0.512. The average Bonchev–Trinajstić information content (AvgIpc) is 2.57. The Hall–Kier alpha value is -0.770. The topological polar surface area (TPSA) is 50.8 Å². The van der Waals surface area contributed by atoms with Gasteiger partial charge >= 0.3 is 0 Å². The first kappa shape index (κ1) is 10.3. The van der Waals surface area contributed by atoms with Gasteiger partial charge in [-0.15, -0.1) is 0 Å². The Bertz CT molecular complexity index is 176. The molecule has 0 aromatic rings. The summed E-state index contributed by atoms with van der Waals surface area (Å²) in [6.45, 7) is 4.47. The van der Waals surface area contributed by atoms with Crippen LogP contribution in [0, 0.1) is 0 Å². The van der Waals surface area contributed by atoms with Gasteiger partial charge in [-0.05, 0) is 19.8 Å². The molecule has 1 atom stereocenters. The van der Waals surface area contributed by atoms with Crippen LogP contribution >= 0.6 is 0 Å². The molecule has 0 amide bonds. The molecule has 76 valence electrons. The van der Waals surface area contributed by atoms with Crippen molar-refractivity contribution in [2.45, 2.75) is 25.9 Å². The van der Waals surface area contributed by atoms with Crippen molar-refractivity contribution in [3.05, 3.63) is 0 Å². The molecule has 1 aliphatic rings. The van der Waals surface area contributed by atoms with E-state index in [0.717, 1.165) is 26.1 Å². The lowest BCUT2D eigenvalue weighted by Gasteiger charge is -2.21. The number of nitrogens with zero attached hydrogens (tertiary/aromatic N) is 2. The molecule has 0 aromatic heterocycles. The van der Waals surface area contributed by atoms with E-state index in [-0.39, 0.29) is 0 Å². The zero-order valence-corrected chi connectivity index (χ0v) is 8.49. The third kappa shape index (κ3) is 3.22. The van der Waals surface area contributed by atoms with E-state index >= 15 is 0 Å². The minimum Gasteiger partial charge on any atom is -0.376 e. The van der Waals surface area contributed by atoms with Crippen molar-refractivity contribution in [1.29, 1.82) is 0 Å². The second-order valence-corrected chi connectivity index (χ2v) is 3.35. The van der Waals surface area contributed by atoms with Crippen LogP contribution < -0.4 is 5.73 Å². The van der Waals surface area contributed by atoms with Gasteiger partial charge in [0, 0.05) is 26.7 Å². The Morgan fingerprint density at radius 2 is 2.46 bits per heavy atom. The van der Waals surface area contributed by atoms with Crippen LogP contribution in [0.2, 0.25) is 0 Å². The summed E-state index contributed by atoms with van der Waals surface area (Å²) in [5.74, 6) is 0.609. The first-order chi connectivity index (χ1) is 6.24. The summed E-state index contributed by atoms with van der Waals surface area (Å²) >= 11 is 0.